The maximum atomic E-state index is 12.4. The number of halogens is 3. The van der Waals surface area contributed by atoms with Gasteiger partial charge in [-0.25, -0.2) is 18.4 Å². The molecule has 0 aromatic carbocycles. The number of rotatable bonds is 3. The van der Waals surface area contributed by atoms with E-state index in [1.54, 1.807) is 0 Å². The Bertz CT molecular complexity index is 559. The molecule has 1 aromatic heterocycles. The molecule has 106 valence electrons. The lowest BCUT2D eigenvalue weighted by molar-refractivity contribution is -0.141. The van der Waals surface area contributed by atoms with Crippen molar-refractivity contribution in [3.63, 3.8) is 0 Å². The molecule has 1 saturated heterocycles. The van der Waals surface area contributed by atoms with Gasteiger partial charge in [-0.15, -0.1) is 0 Å². The monoisotopic (exact) mass is 295 g/mol. The van der Waals surface area contributed by atoms with Gasteiger partial charge in [0.05, 0.1) is 11.0 Å². The van der Waals surface area contributed by atoms with E-state index in [-0.39, 0.29) is 18.2 Å². The zero-order chi connectivity index (χ0) is 14.1. The predicted octanol–water partition coefficient (Wildman–Crippen LogP) is 1.48. The number of aromatic nitrogens is 2. The van der Waals surface area contributed by atoms with Crippen molar-refractivity contribution in [1.29, 1.82) is 0 Å². The van der Waals surface area contributed by atoms with Crippen molar-refractivity contribution in [1.82, 2.24) is 9.97 Å². The van der Waals surface area contributed by atoms with Gasteiger partial charge in [-0.3, -0.25) is 0 Å². The molecule has 1 N–H and O–H groups in total. The fourth-order valence-electron chi connectivity index (χ4n) is 1.89. The lowest BCUT2D eigenvalue weighted by atomic mass is 10.2. The summed E-state index contributed by atoms with van der Waals surface area (Å²) in [6.07, 6.45) is -2.47. The third-order valence-electron chi connectivity index (χ3n) is 2.90. The predicted molar refractivity (Wildman–Crippen MR) is 62.3 cm³/mol. The summed E-state index contributed by atoms with van der Waals surface area (Å²) in [4.78, 5) is 6.96. The van der Waals surface area contributed by atoms with E-state index in [9.17, 15) is 21.6 Å². The Balaban J connectivity index is 2.04. The molecule has 0 spiro atoms. The van der Waals surface area contributed by atoms with Crippen LogP contribution in [0.5, 0.6) is 0 Å². The van der Waals surface area contributed by atoms with Crippen molar-refractivity contribution in [2.75, 3.05) is 17.6 Å². The standard InChI is InChI=1S/C10H12F3N3O2S/c11-10(12,13)8-3-4-14-9(16-8)15-6-7-2-1-5-19(7,17)18/h3-4,7H,1-2,5-6H2,(H,14,15,16). The van der Waals surface area contributed by atoms with Crippen LogP contribution in [-0.2, 0) is 16.0 Å². The van der Waals surface area contributed by atoms with E-state index < -0.39 is 27.0 Å². The van der Waals surface area contributed by atoms with Gasteiger partial charge in [-0.2, -0.15) is 13.2 Å². The van der Waals surface area contributed by atoms with E-state index in [1.807, 2.05) is 0 Å². The van der Waals surface area contributed by atoms with Gasteiger partial charge in [0.25, 0.3) is 0 Å². The first-order chi connectivity index (χ1) is 8.79. The fourth-order valence-corrected chi connectivity index (χ4v) is 3.66. The second kappa shape index (κ2) is 4.95. The first-order valence-electron chi connectivity index (χ1n) is 5.65. The van der Waals surface area contributed by atoms with Crippen LogP contribution in [0.4, 0.5) is 19.1 Å². The number of hydrogen-bond donors (Lipinski definition) is 1. The second-order valence-electron chi connectivity index (χ2n) is 4.28. The van der Waals surface area contributed by atoms with Gasteiger partial charge in [0.1, 0.15) is 5.69 Å². The summed E-state index contributed by atoms with van der Waals surface area (Å²) in [6, 6.07) is 0.761. The molecular weight excluding hydrogens is 283 g/mol. The molecule has 1 aromatic rings. The molecule has 2 rings (SSSR count). The lowest BCUT2D eigenvalue weighted by Gasteiger charge is -2.11. The smallest absolute Gasteiger partial charge is 0.353 e. The second-order valence-corrected chi connectivity index (χ2v) is 6.68. The molecule has 0 radical (unpaired) electrons. The highest BCUT2D eigenvalue weighted by Gasteiger charge is 2.33. The average molecular weight is 295 g/mol. The summed E-state index contributed by atoms with van der Waals surface area (Å²) in [5.74, 6) is -0.0834. The number of alkyl halides is 3. The molecule has 0 aliphatic carbocycles. The van der Waals surface area contributed by atoms with E-state index in [0.29, 0.717) is 12.8 Å². The van der Waals surface area contributed by atoms with Crippen LogP contribution in [0.15, 0.2) is 12.3 Å². The van der Waals surface area contributed by atoms with Crippen LogP contribution >= 0.6 is 0 Å². The third-order valence-corrected chi connectivity index (χ3v) is 5.17. The topological polar surface area (TPSA) is 72.0 Å². The van der Waals surface area contributed by atoms with Crippen LogP contribution < -0.4 is 5.32 Å². The van der Waals surface area contributed by atoms with Crippen LogP contribution in [0.2, 0.25) is 0 Å². The molecule has 1 aliphatic heterocycles. The molecule has 1 fully saturated rings. The Kier molecular flexibility index (Phi) is 3.66. The average Bonchev–Trinajstić information content (AvgIpc) is 2.65. The summed E-state index contributed by atoms with van der Waals surface area (Å²) in [5.41, 5.74) is -1.06. The third kappa shape index (κ3) is 3.34. The number of hydrogen-bond acceptors (Lipinski definition) is 5. The van der Waals surface area contributed by atoms with E-state index >= 15 is 0 Å². The number of sulfone groups is 1. The molecule has 0 amide bonds. The van der Waals surface area contributed by atoms with Crippen LogP contribution in [0.3, 0.4) is 0 Å². The molecule has 1 aliphatic rings. The first-order valence-corrected chi connectivity index (χ1v) is 7.36. The van der Waals surface area contributed by atoms with Gasteiger partial charge in [-0.05, 0) is 18.9 Å². The van der Waals surface area contributed by atoms with Gasteiger partial charge in [0, 0.05) is 12.7 Å². The van der Waals surface area contributed by atoms with Gasteiger partial charge in [0.15, 0.2) is 9.84 Å². The van der Waals surface area contributed by atoms with Crippen LogP contribution in [0, 0.1) is 0 Å². The van der Waals surface area contributed by atoms with Gasteiger partial charge in [-0.1, -0.05) is 0 Å². The van der Waals surface area contributed by atoms with Gasteiger partial charge in [0.2, 0.25) is 5.95 Å². The SMILES string of the molecule is O=S1(=O)CCCC1CNc1nccc(C(F)(F)F)n1. The zero-order valence-corrected chi connectivity index (χ0v) is 10.6. The fraction of sp³-hybridized carbons (Fsp3) is 0.600. The maximum absolute atomic E-state index is 12.4. The normalized spacial score (nSPS) is 22.4. The summed E-state index contributed by atoms with van der Waals surface area (Å²) in [6.45, 7) is 0.0314. The first kappa shape index (κ1) is 14.0. The molecule has 19 heavy (non-hydrogen) atoms. The van der Waals surface area contributed by atoms with Gasteiger partial charge < -0.3 is 5.32 Å². The Morgan fingerprint density at radius 2 is 2.16 bits per heavy atom. The Morgan fingerprint density at radius 3 is 2.74 bits per heavy atom. The number of nitrogens with zero attached hydrogens (tertiary/aromatic N) is 2. The lowest BCUT2D eigenvalue weighted by Crippen LogP contribution is -2.26. The van der Waals surface area contributed by atoms with Crippen molar-refractivity contribution < 1.29 is 21.6 Å². The Hall–Kier alpha value is -1.38. The van der Waals surface area contributed by atoms with Gasteiger partial charge >= 0.3 is 6.18 Å². The molecule has 1 atom stereocenters. The summed E-state index contributed by atoms with van der Waals surface area (Å²) in [7, 11) is -3.14. The Labute approximate surface area is 108 Å². The molecule has 5 nitrogen and oxygen atoms in total. The van der Waals surface area contributed by atoms with Crippen molar-refractivity contribution in [2.24, 2.45) is 0 Å². The van der Waals surface area contributed by atoms with Crippen LogP contribution in [-0.4, -0.2) is 35.9 Å². The largest absolute Gasteiger partial charge is 0.433 e. The van der Waals surface area contributed by atoms with Crippen molar-refractivity contribution in [3.8, 4) is 0 Å². The van der Waals surface area contributed by atoms with E-state index in [0.717, 1.165) is 12.3 Å². The van der Waals surface area contributed by atoms with Crippen LogP contribution in [0.1, 0.15) is 18.5 Å². The number of nitrogens with one attached hydrogen (secondary N) is 1. The molecule has 2 heterocycles. The van der Waals surface area contributed by atoms with Crippen molar-refractivity contribution in [3.05, 3.63) is 18.0 Å². The summed E-state index contributed by atoms with van der Waals surface area (Å²) in [5, 5.41) is 1.98. The molecular formula is C10H12F3N3O2S. The zero-order valence-electron chi connectivity index (χ0n) is 9.81. The molecule has 0 bridgehead atoms. The molecule has 1 unspecified atom stereocenters. The highest BCUT2D eigenvalue weighted by atomic mass is 32.2. The molecule has 9 heteroatoms. The quantitative estimate of drug-likeness (QED) is 0.914. The minimum atomic E-state index is -4.54. The van der Waals surface area contributed by atoms with E-state index in [4.69, 9.17) is 0 Å². The maximum Gasteiger partial charge on any atom is 0.433 e. The van der Waals surface area contributed by atoms with Crippen molar-refractivity contribution >= 4 is 15.8 Å². The summed E-state index contributed by atoms with van der Waals surface area (Å²) >= 11 is 0. The highest BCUT2D eigenvalue weighted by molar-refractivity contribution is 7.92. The van der Waals surface area contributed by atoms with Crippen molar-refractivity contribution in [2.45, 2.75) is 24.3 Å². The highest BCUT2D eigenvalue weighted by Crippen LogP contribution is 2.27. The van der Waals surface area contributed by atoms with Crippen LogP contribution in [0.25, 0.3) is 0 Å². The Morgan fingerprint density at radius 1 is 1.42 bits per heavy atom. The minimum Gasteiger partial charge on any atom is -0.353 e. The minimum absolute atomic E-state index is 0.0314. The number of anilines is 1. The van der Waals surface area contributed by atoms with E-state index in [1.165, 1.54) is 0 Å². The summed E-state index contributed by atoms with van der Waals surface area (Å²) < 4.78 is 60.4. The molecule has 0 saturated carbocycles. The van der Waals surface area contributed by atoms with E-state index in [2.05, 4.69) is 15.3 Å².